The molecule has 0 fully saturated rings. The van der Waals surface area contributed by atoms with E-state index in [1.807, 2.05) is 84.9 Å². The summed E-state index contributed by atoms with van der Waals surface area (Å²) in [7, 11) is 0. The zero-order valence-corrected chi connectivity index (χ0v) is 13.8. The fourth-order valence-electron chi connectivity index (χ4n) is 3.41. The summed E-state index contributed by atoms with van der Waals surface area (Å²) in [6.45, 7) is 0. The molecule has 26 heavy (non-hydrogen) atoms. The number of para-hydroxylation sites is 1. The molecule has 124 valence electrons. The molecule has 0 aliphatic heterocycles. The SMILES string of the molecule is O=c1oc(-c2ccccc2)c(-c2ccccc2)c2c1oc1ccccc12. The smallest absolute Gasteiger partial charge is 0.380 e. The Bertz CT molecular complexity index is 1280. The van der Waals surface area contributed by atoms with Gasteiger partial charge in [0.1, 0.15) is 11.3 Å². The average Bonchev–Trinajstić information content (AvgIpc) is 3.09. The van der Waals surface area contributed by atoms with Crippen LogP contribution in [0.15, 0.2) is 98.6 Å². The highest BCUT2D eigenvalue weighted by Gasteiger charge is 2.22. The van der Waals surface area contributed by atoms with Crippen molar-refractivity contribution in [2.24, 2.45) is 0 Å². The molecule has 0 radical (unpaired) electrons. The molecule has 0 unspecified atom stereocenters. The van der Waals surface area contributed by atoms with Crippen molar-refractivity contribution in [2.75, 3.05) is 0 Å². The third-order valence-corrected chi connectivity index (χ3v) is 4.55. The fraction of sp³-hybridized carbons (Fsp3) is 0. The predicted molar refractivity (Wildman–Crippen MR) is 103 cm³/mol. The molecular weight excluding hydrogens is 324 g/mol. The van der Waals surface area contributed by atoms with Gasteiger partial charge in [0.25, 0.3) is 0 Å². The second-order valence-electron chi connectivity index (χ2n) is 6.13. The maximum atomic E-state index is 12.7. The maximum Gasteiger partial charge on any atom is 0.380 e. The molecule has 0 saturated carbocycles. The maximum absolute atomic E-state index is 12.7. The van der Waals surface area contributed by atoms with Gasteiger partial charge in [-0.15, -0.1) is 0 Å². The molecule has 5 aromatic rings. The molecule has 0 aliphatic carbocycles. The minimum Gasteiger partial charge on any atom is -0.448 e. The Labute approximate surface area is 149 Å². The average molecular weight is 338 g/mol. The monoisotopic (exact) mass is 338 g/mol. The molecule has 0 spiro atoms. The number of fused-ring (bicyclic) bond motifs is 3. The summed E-state index contributed by atoms with van der Waals surface area (Å²) in [4.78, 5) is 12.7. The fourth-order valence-corrected chi connectivity index (χ4v) is 3.41. The van der Waals surface area contributed by atoms with Crippen LogP contribution >= 0.6 is 0 Å². The van der Waals surface area contributed by atoms with Gasteiger partial charge in [-0.1, -0.05) is 78.9 Å². The first-order chi connectivity index (χ1) is 12.8. The molecular formula is C23H14O3. The lowest BCUT2D eigenvalue weighted by Gasteiger charge is -2.10. The molecule has 3 aromatic carbocycles. The van der Waals surface area contributed by atoms with Gasteiger partial charge in [-0.05, 0) is 11.6 Å². The molecule has 0 amide bonds. The standard InChI is InChI=1S/C23H14O3/c24-23-22-20(17-13-7-8-14-18(17)25-22)19(15-9-3-1-4-10-15)21(26-23)16-11-5-2-6-12-16/h1-14H. The molecule has 0 N–H and O–H groups in total. The van der Waals surface area contributed by atoms with E-state index in [-0.39, 0.29) is 5.58 Å². The molecule has 2 heterocycles. The van der Waals surface area contributed by atoms with Crippen LogP contribution in [0.5, 0.6) is 0 Å². The highest BCUT2D eigenvalue weighted by Crippen LogP contribution is 2.40. The Balaban J connectivity index is 2.02. The quantitative estimate of drug-likeness (QED) is 0.404. The number of hydrogen-bond donors (Lipinski definition) is 0. The Morgan fingerprint density at radius 2 is 1.23 bits per heavy atom. The van der Waals surface area contributed by atoms with E-state index in [9.17, 15) is 4.79 Å². The lowest BCUT2D eigenvalue weighted by molar-refractivity contribution is 0.516. The van der Waals surface area contributed by atoms with E-state index < -0.39 is 5.63 Å². The molecule has 0 aliphatic rings. The Morgan fingerprint density at radius 1 is 0.615 bits per heavy atom. The van der Waals surface area contributed by atoms with Crippen molar-refractivity contribution >= 4 is 21.9 Å². The molecule has 3 heteroatoms. The van der Waals surface area contributed by atoms with Gasteiger partial charge in [0.2, 0.25) is 5.58 Å². The van der Waals surface area contributed by atoms with E-state index in [0.29, 0.717) is 11.3 Å². The van der Waals surface area contributed by atoms with E-state index in [4.69, 9.17) is 8.83 Å². The lowest BCUT2D eigenvalue weighted by atomic mass is 9.96. The normalized spacial score (nSPS) is 11.2. The minimum atomic E-state index is -0.463. The van der Waals surface area contributed by atoms with Gasteiger partial charge in [0.15, 0.2) is 0 Å². The van der Waals surface area contributed by atoms with Crippen LogP contribution in [0.4, 0.5) is 0 Å². The first-order valence-corrected chi connectivity index (χ1v) is 8.42. The predicted octanol–water partition coefficient (Wildman–Crippen LogP) is 5.87. The number of hydrogen-bond acceptors (Lipinski definition) is 3. The zero-order chi connectivity index (χ0) is 17.5. The Kier molecular flexibility index (Phi) is 3.25. The Morgan fingerprint density at radius 3 is 1.96 bits per heavy atom. The summed E-state index contributed by atoms with van der Waals surface area (Å²) >= 11 is 0. The topological polar surface area (TPSA) is 43.4 Å². The second kappa shape index (κ2) is 5.74. The molecule has 2 aromatic heterocycles. The van der Waals surface area contributed by atoms with Crippen LogP contribution in [-0.2, 0) is 0 Å². The summed E-state index contributed by atoms with van der Waals surface area (Å²) in [5.74, 6) is 0.556. The third kappa shape index (κ3) is 2.18. The van der Waals surface area contributed by atoms with E-state index in [0.717, 1.165) is 27.5 Å². The lowest BCUT2D eigenvalue weighted by Crippen LogP contribution is -2.01. The molecule has 3 nitrogen and oxygen atoms in total. The number of rotatable bonds is 2. The second-order valence-corrected chi connectivity index (χ2v) is 6.13. The number of furan rings is 1. The largest absolute Gasteiger partial charge is 0.448 e. The van der Waals surface area contributed by atoms with E-state index in [1.54, 1.807) is 0 Å². The van der Waals surface area contributed by atoms with E-state index in [1.165, 1.54) is 0 Å². The first-order valence-electron chi connectivity index (χ1n) is 8.42. The van der Waals surface area contributed by atoms with Crippen molar-refractivity contribution in [3.63, 3.8) is 0 Å². The zero-order valence-electron chi connectivity index (χ0n) is 13.8. The summed E-state index contributed by atoms with van der Waals surface area (Å²) in [6, 6.07) is 27.3. The van der Waals surface area contributed by atoms with Crippen LogP contribution in [0.3, 0.4) is 0 Å². The van der Waals surface area contributed by atoms with Crippen molar-refractivity contribution in [3.8, 4) is 22.5 Å². The first kappa shape index (κ1) is 14.7. The van der Waals surface area contributed by atoms with Crippen molar-refractivity contribution < 1.29 is 8.83 Å². The van der Waals surface area contributed by atoms with Gasteiger partial charge >= 0.3 is 5.63 Å². The van der Waals surface area contributed by atoms with Crippen LogP contribution in [0.1, 0.15) is 0 Å². The van der Waals surface area contributed by atoms with E-state index in [2.05, 4.69) is 0 Å². The van der Waals surface area contributed by atoms with Crippen LogP contribution in [0, 0.1) is 0 Å². The van der Waals surface area contributed by atoms with Gasteiger partial charge in [-0.3, -0.25) is 0 Å². The number of benzene rings is 3. The van der Waals surface area contributed by atoms with Crippen molar-refractivity contribution in [3.05, 3.63) is 95.3 Å². The summed E-state index contributed by atoms with van der Waals surface area (Å²) in [5, 5.41) is 1.70. The van der Waals surface area contributed by atoms with Gasteiger partial charge < -0.3 is 8.83 Å². The van der Waals surface area contributed by atoms with Crippen molar-refractivity contribution in [2.45, 2.75) is 0 Å². The molecule has 0 bridgehead atoms. The molecule has 0 saturated heterocycles. The van der Waals surface area contributed by atoms with Gasteiger partial charge in [0.05, 0.1) is 0 Å². The van der Waals surface area contributed by atoms with Crippen LogP contribution < -0.4 is 5.63 Å². The van der Waals surface area contributed by atoms with Crippen molar-refractivity contribution in [1.29, 1.82) is 0 Å². The van der Waals surface area contributed by atoms with Crippen LogP contribution in [0.2, 0.25) is 0 Å². The van der Waals surface area contributed by atoms with E-state index >= 15 is 0 Å². The molecule has 5 rings (SSSR count). The summed E-state index contributed by atoms with van der Waals surface area (Å²) < 4.78 is 11.6. The van der Waals surface area contributed by atoms with Crippen molar-refractivity contribution in [1.82, 2.24) is 0 Å². The van der Waals surface area contributed by atoms with Gasteiger partial charge in [0, 0.05) is 21.9 Å². The van der Waals surface area contributed by atoms with Gasteiger partial charge in [-0.2, -0.15) is 0 Å². The summed E-state index contributed by atoms with van der Waals surface area (Å²) in [5.41, 5.74) is 3.18. The van der Waals surface area contributed by atoms with Crippen LogP contribution in [-0.4, -0.2) is 0 Å². The molecule has 0 atom stereocenters. The highest BCUT2D eigenvalue weighted by atomic mass is 16.4. The van der Waals surface area contributed by atoms with Gasteiger partial charge in [-0.25, -0.2) is 4.79 Å². The minimum absolute atomic E-state index is 0.254. The third-order valence-electron chi connectivity index (χ3n) is 4.55. The summed E-state index contributed by atoms with van der Waals surface area (Å²) in [6.07, 6.45) is 0. The highest BCUT2D eigenvalue weighted by molar-refractivity contribution is 6.14. The van der Waals surface area contributed by atoms with Crippen LogP contribution in [0.25, 0.3) is 44.4 Å². The Hall–Kier alpha value is -3.59.